The lowest BCUT2D eigenvalue weighted by molar-refractivity contribution is -0.398. The molecular formula is C13H9N4O4-. The lowest BCUT2D eigenvalue weighted by Crippen LogP contribution is -2.17. The van der Waals surface area contributed by atoms with Gasteiger partial charge in [-0.1, -0.05) is 12.1 Å². The number of para-hydroxylation sites is 1. The van der Waals surface area contributed by atoms with Crippen LogP contribution in [0, 0.1) is 10.1 Å². The minimum absolute atomic E-state index is 0.00990. The Hall–Kier alpha value is -3.29. The van der Waals surface area contributed by atoms with Crippen molar-refractivity contribution >= 4 is 17.8 Å². The topological polar surface area (TPSA) is 121 Å². The number of nitro groups is 1. The van der Waals surface area contributed by atoms with Crippen molar-refractivity contribution in [2.24, 2.45) is 5.10 Å². The normalized spacial score (nSPS) is 10.5. The molecule has 8 nitrogen and oxygen atoms in total. The zero-order valence-electron chi connectivity index (χ0n) is 10.6. The SMILES string of the molecule is O=C(N/N=C\c1cccc([N+](=O)[O-])c1[O-])c1cccnc1. The van der Waals surface area contributed by atoms with Crippen molar-refractivity contribution in [3.05, 3.63) is 64.0 Å². The average Bonchev–Trinajstić information content (AvgIpc) is 2.49. The Kier molecular flexibility index (Phi) is 4.20. The molecule has 0 saturated carbocycles. The molecule has 0 fully saturated rings. The summed E-state index contributed by atoms with van der Waals surface area (Å²) in [6, 6.07) is 6.98. The van der Waals surface area contributed by atoms with Crippen LogP contribution in [0.1, 0.15) is 15.9 Å². The summed E-state index contributed by atoms with van der Waals surface area (Å²) in [5, 5.41) is 25.9. The van der Waals surface area contributed by atoms with Gasteiger partial charge < -0.3 is 5.11 Å². The standard InChI is InChI=1S/C13H10N4O4/c18-12-9(3-1-5-11(12)17(20)21)8-15-16-13(19)10-4-2-6-14-7-10/h1-8,18H,(H,16,19)/p-1/b15-8-. The summed E-state index contributed by atoms with van der Waals surface area (Å²) in [5.41, 5.74) is 1.97. The maximum Gasteiger partial charge on any atom is 0.272 e. The molecule has 106 valence electrons. The number of benzene rings is 1. The molecule has 8 heteroatoms. The average molecular weight is 285 g/mol. The molecule has 0 unspecified atom stereocenters. The van der Waals surface area contributed by atoms with E-state index >= 15 is 0 Å². The molecule has 0 radical (unpaired) electrons. The van der Waals surface area contributed by atoms with E-state index in [-0.39, 0.29) is 5.56 Å². The molecule has 2 rings (SSSR count). The van der Waals surface area contributed by atoms with Crippen molar-refractivity contribution in [2.75, 3.05) is 0 Å². The lowest BCUT2D eigenvalue weighted by atomic mass is 10.2. The number of carbonyl (C=O) groups excluding carboxylic acids is 1. The van der Waals surface area contributed by atoms with Gasteiger partial charge in [0.25, 0.3) is 11.6 Å². The highest BCUT2D eigenvalue weighted by atomic mass is 16.6. The summed E-state index contributed by atoms with van der Waals surface area (Å²) < 4.78 is 0. The number of carbonyl (C=O) groups is 1. The molecule has 0 saturated heterocycles. The van der Waals surface area contributed by atoms with Crippen LogP contribution < -0.4 is 10.5 Å². The number of nitrogens with zero attached hydrogens (tertiary/aromatic N) is 3. The fourth-order valence-corrected chi connectivity index (χ4v) is 1.51. The monoisotopic (exact) mass is 285 g/mol. The van der Waals surface area contributed by atoms with Crippen molar-refractivity contribution in [1.82, 2.24) is 10.4 Å². The van der Waals surface area contributed by atoms with Gasteiger partial charge in [0.15, 0.2) is 0 Å². The van der Waals surface area contributed by atoms with Gasteiger partial charge in [-0.3, -0.25) is 19.9 Å². The number of nitro benzene ring substituents is 1. The maximum absolute atomic E-state index is 11.7. The number of nitrogens with one attached hydrogen (secondary N) is 1. The zero-order chi connectivity index (χ0) is 15.2. The van der Waals surface area contributed by atoms with Crippen LogP contribution in [0.2, 0.25) is 0 Å². The van der Waals surface area contributed by atoms with Crippen molar-refractivity contribution in [1.29, 1.82) is 0 Å². The number of hydrogen-bond donors (Lipinski definition) is 1. The smallest absolute Gasteiger partial charge is 0.272 e. The van der Waals surface area contributed by atoms with E-state index in [2.05, 4.69) is 15.5 Å². The first kappa shape index (κ1) is 14.1. The summed E-state index contributed by atoms with van der Waals surface area (Å²) in [5.74, 6) is -1.26. The fourth-order valence-electron chi connectivity index (χ4n) is 1.51. The number of hydrazone groups is 1. The molecule has 1 N–H and O–H groups in total. The first-order chi connectivity index (χ1) is 10.1. The number of pyridine rings is 1. The van der Waals surface area contributed by atoms with Crippen molar-refractivity contribution in [3.8, 4) is 5.75 Å². The van der Waals surface area contributed by atoms with Gasteiger partial charge in [0, 0.05) is 18.5 Å². The molecule has 1 aromatic heterocycles. The molecule has 0 atom stereocenters. The van der Waals surface area contributed by atoms with E-state index in [1.54, 1.807) is 12.1 Å². The molecule has 21 heavy (non-hydrogen) atoms. The molecule has 1 aromatic carbocycles. The van der Waals surface area contributed by atoms with Gasteiger partial charge in [-0.15, -0.1) is 0 Å². The van der Waals surface area contributed by atoms with Crippen LogP contribution in [0.5, 0.6) is 5.75 Å². The fraction of sp³-hybridized carbons (Fsp3) is 0. The molecule has 0 aliphatic heterocycles. The number of amides is 1. The third kappa shape index (κ3) is 3.38. The number of rotatable bonds is 4. The highest BCUT2D eigenvalue weighted by molar-refractivity contribution is 5.94. The van der Waals surface area contributed by atoms with Crippen molar-refractivity contribution in [2.45, 2.75) is 0 Å². The zero-order valence-corrected chi connectivity index (χ0v) is 10.6. The molecule has 0 aliphatic carbocycles. The Bertz CT molecular complexity index is 701. The van der Waals surface area contributed by atoms with Gasteiger partial charge in [-0.25, -0.2) is 5.43 Å². The van der Waals surface area contributed by atoms with E-state index < -0.39 is 22.3 Å². The second-order valence-corrected chi connectivity index (χ2v) is 3.89. The molecule has 1 amide bonds. The van der Waals surface area contributed by atoms with Gasteiger partial charge in [0.05, 0.1) is 16.7 Å². The van der Waals surface area contributed by atoms with Gasteiger partial charge in [0.2, 0.25) is 0 Å². The predicted octanol–water partition coefficient (Wildman–Crippen LogP) is 0.827. The molecule has 0 bridgehead atoms. The largest absolute Gasteiger partial charge is 0.867 e. The third-order valence-corrected chi connectivity index (χ3v) is 2.51. The summed E-state index contributed by atoms with van der Waals surface area (Å²) in [7, 11) is 0. The molecule has 2 aromatic rings. The maximum atomic E-state index is 11.7. The molecule has 1 heterocycles. The number of hydrogen-bond acceptors (Lipinski definition) is 6. The Morgan fingerprint density at radius 3 is 2.81 bits per heavy atom. The van der Waals surface area contributed by atoms with Gasteiger partial charge >= 0.3 is 0 Å². The Balaban J connectivity index is 2.10. The summed E-state index contributed by atoms with van der Waals surface area (Å²) >= 11 is 0. The quantitative estimate of drug-likeness (QED) is 0.506. The second-order valence-electron chi connectivity index (χ2n) is 3.89. The van der Waals surface area contributed by atoms with Crippen molar-refractivity contribution in [3.63, 3.8) is 0 Å². The van der Waals surface area contributed by atoms with Gasteiger partial charge in [-0.05, 0) is 23.4 Å². The van der Waals surface area contributed by atoms with E-state index in [0.717, 1.165) is 12.3 Å². The van der Waals surface area contributed by atoms with Gasteiger partial charge in [0.1, 0.15) is 0 Å². The Morgan fingerprint density at radius 1 is 1.33 bits per heavy atom. The van der Waals surface area contributed by atoms with E-state index in [1.165, 1.54) is 24.5 Å². The van der Waals surface area contributed by atoms with Crippen molar-refractivity contribution < 1.29 is 14.8 Å². The first-order valence-corrected chi connectivity index (χ1v) is 5.77. The summed E-state index contributed by atoms with van der Waals surface area (Å²) in [4.78, 5) is 25.3. The van der Waals surface area contributed by atoms with E-state index in [1.807, 2.05) is 0 Å². The molecule has 0 spiro atoms. The Morgan fingerprint density at radius 2 is 2.14 bits per heavy atom. The van der Waals surface area contributed by atoms with Crippen LogP contribution in [0.25, 0.3) is 0 Å². The van der Waals surface area contributed by atoms with E-state index in [9.17, 15) is 20.0 Å². The van der Waals surface area contributed by atoms with Crippen LogP contribution in [0.15, 0.2) is 47.8 Å². The van der Waals surface area contributed by atoms with E-state index in [0.29, 0.717) is 5.56 Å². The predicted molar refractivity (Wildman–Crippen MR) is 71.8 cm³/mol. The highest BCUT2D eigenvalue weighted by Gasteiger charge is 2.08. The van der Waals surface area contributed by atoms with Crippen LogP contribution in [0.3, 0.4) is 0 Å². The minimum atomic E-state index is -0.770. The van der Waals surface area contributed by atoms with E-state index in [4.69, 9.17) is 0 Å². The lowest BCUT2D eigenvalue weighted by Gasteiger charge is -2.09. The van der Waals surface area contributed by atoms with Crippen LogP contribution >= 0.6 is 0 Å². The first-order valence-electron chi connectivity index (χ1n) is 5.77. The highest BCUT2D eigenvalue weighted by Crippen LogP contribution is 2.24. The second kappa shape index (κ2) is 6.24. The van der Waals surface area contributed by atoms with Gasteiger partial charge in [-0.2, -0.15) is 5.10 Å². The molecule has 0 aliphatic rings. The molecular weight excluding hydrogens is 276 g/mol. The van der Waals surface area contributed by atoms with Crippen LogP contribution in [-0.4, -0.2) is 22.0 Å². The summed E-state index contributed by atoms with van der Waals surface area (Å²) in [6.45, 7) is 0. The van der Waals surface area contributed by atoms with Crippen LogP contribution in [0.4, 0.5) is 5.69 Å². The number of aromatic nitrogens is 1. The van der Waals surface area contributed by atoms with Crippen LogP contribution in [-0.2, 0) is 0 Å². The third-order valence-electron chi connectivity index (χ3n) is 2.51. The minimum Gasteiger partial charge on any atom is -0.867 e. The summed E-state index contributed by atoms with van der Waals surface area (Å²) in [6.07, 6.45) is 3.94. The Labute approximate surface area is 118 Å².